The van der Waals surface area contributed by atoms with Gasteiger partial charge in [0.05, 0.1) is 18.3 Å². The highest BCUT2D eigenvalue weighted by atomic mass is 16.2. The third-order valence-corrected chi connectivity index (χ3v) is 1.96. The van der Waals surface area contributed by atoms with Gasteiger partial charge in [0.15, 0.2) is 0 Å². The van der Waals surface area contributed by atoms with Gasteiger partial charge in [-0.3, -0.25) is 14.7 Å². The summed E-state index contributed by atoms with van der Waals surface area (Å²) in [5, 5.41) is 6.22. The molecule has 82 valence electrons. The van der Waals surface area contributed by atoms with Crippen LogP contribution in [0.25, 0.3) is 0 Å². The van der Waals surface area contributed by atoms with Crippen LogP contribution >= 0.6 is 0 Å². The largest absolute Gasteiger partial charge is 0.347 e. The number of nitrogens with one attached hydrogen (secondary N) is 1. The number of hydrogen-bond acceptors (Lipinski definition) is 3. The number of rotatable bonds is 3. The molecule has 6 heteroatoms. The number of nitrogens with zero attached hydrogens (tertiary/aromatic N) is 3. The predicted molar refractivity (Wildman–Crippen MR) is 54.2 cm³/mol. The Kier molecular flexibility index (Phi) is 3.43. The first-order valence-electron chi connectivity index (χ1n) is 4.46. The van der Waals surface area contributed by atoms with E-state index in [4.69, 9.17) is 0 Å². The van der Waals surface area contributed by atoms with E-state index < -0.39 is 0 Å². The summed E-state index contributed by atoms with van der Waals surface area (Å²) in [5.74, 6) is -0.340. The number of likely N-dealkylation sites (N-methyl/N-ethyl adjacent to an activating group) is 2. The average Bonchev–Trinajstić information content (AvgIpc) is 2.68. The molecule has 1 aromatic rings. The standard InChI is InChI=1S/C9H14N4O2/c1-12(2)8(14)6-13(3)9(15)7-4-10-11-5-7/h4-5H,6H2,1-3H3,(H,10,11). The summed E-state index contributed by atoms with van der Waals surface area (Å²) in [6.07, 6.45) is 2.93. The molecule has 0 atom stereocenters. The van der Waals surface area contributed by atoms with Crippen molar-refractivity contribution in [3.8, 4) is 0 Å². The van der Waals surface area contributed by atoms with Crippen molar-refractivity contribution in [3.05, 3.63) is 18.0 Å². The van der Waals surface area contributed by atoms with Gasteiger partial charge in [-0.15, -0.1) is 0 Å². The molecule has 0 saturated carbocycles. The maximum atomic E-state index is 11.7. The van der Waals surface area contributed by atoms with Crippen molar-refractivity contribution in [2.75, 3.05) is 27.7 Å². The quantitative estimate of drug-likeness (QED) is 0.736. The van der Waals surface area contributed by atoms with E-state index in [1.54, 1.807) is 21.1 Å². The molecule has 1 N–H and O–H groups in total. The molecule has 15 heavy (non-hydrogen) atoms. The Morgan fingerprint density at radius 2 is 2.07 bits per heavy atom. The molecule has 0 aliphatic rings. The molecular weight excluding hydrogens is 196 g/mol. The van der Waals surface area contributed by atoms with Crippen LogP contribution in [0.15, 0.2) is 12.4 Å². The summed E-state index contributed by atoms with van der Waals surface area (Å²) < 4.78 is 0. The van der Waals surface area contributed by atoms with Gasteiger partial charge in [0.25, 0.3) is 5.91 Å². The summed E-state index contributed by atoms with van der Waals surface area (Å²) >= 11 is 0. The molecule has 0 spiro atoms. The number of H-pyrrole nitrogens is 1. The van der Waals surface area contributed by atoms with Gasteiger partial charge in [-0.1, -0.05) is 0 Å². The lowest BCUT2D eigenvalue weighted by molar-refractivity contribution is -0.129. The number of aromatic nitrogens is 2. The summed E-state index contributed by atoms with van der Waals surface area (Å²) in [5.41, 5.74) is 0.448. The van der Waals surface area contributed by atoms with Crippen LogP contribution in [0.2, 0.25) is 0 Å². The maximum Gasteiger partial charge on any atom is 0.257 e. The van der Waals surface area contributed by atoms with E-state index >= 15 is 0 Å². The third kappa shape index (κ3) is 2.80. The van der Waals surface area contributed by atoms with Crippen LogP contribution < -0.4 is 0 Å². The zero-order valence-electron chi connectivity index (χ0n) is 9.02. The van der Waals surface area contributed by atoms with Gasteiger partial charge in [-0.05, 0) is 0 Å². The first kappa shape index (κ1) is 11.2. The van der Waals surface area contributed by atoms with Crippen LogP contribution in [0.1, 0.15) is 10.4 Å². The van der Waals surface area contributed by atoms with Crippen LogP contribution in [-0.4, -0.2) is 59.5 Å². The zero-order valence-corrected chi connectivity index (χ0v) is 9.02. The Hall–Kier alpha value is -1.85. The van der Waals surface area contributed by atoms with Gasteiger partial charge in [0.2, 0.25) is 5.91 Å². The van der Waals surface area contributed by atoms with E-state index in [0.29, 0.717) is 5.56 Å². The molecule has 6 nitrogen and oxygen atoms in total. The van der Waals surface area contributed by atoms with Crippen LogP contribution in [0.3, 0.4) is 0 Å². The average molecular weight is 210 g/mol. The van der Waals surface area contributed by atoms with Gasteiger partial charge < -0.3 is 9.80 Å². The first-order valence-corrected chi connectivity index (χ1v) is 4.46. The molecule has 0 aromatic carbocycles. The Morgan fingerprint density at radius 1 is 1.40 bits per heavy atom. The summed E-state index contributed by atoms with van der Waals surface area (Å²) in [7, 11) is 4.88. The minimum Gasteiger partial charge on any atom is -0.347 e. The molecule has 0 unspecified atom stereocenters. The Bertz CT molecular complexity index is 345. The van der Waals surface area contributed by atoms with Gasteiger partial charge in [0, 0.05) is 27.3 Å². The number of carbonyl (C=O) groups is 2. The second-order valence-corrected chi connectivity index (χ2v) is 3.44. The molecule has 0 aliphatic heterocycles. The fraction of sp³-hybridized carbons (Fsp3) is 0.444. The van der Waals surface area contributed by atoms with Crippen molar-refractivity contribution in [2.24, 2.45) is 0 Å². The van der Waals surface area contributed by atoms with Crippen LogP contribution in [0.4, 0.5) is 0 Å². The van der Waals surface area contributed by atoms with Crippen molar-refractivity contribution >= 4 is 11.8 Å². The molecule has 0 saturated heterocycles. The molecule has 0 radical (unpaired) electrons. The minimum atomic E-state index is -0.223. The van der Waals surface area contributed by atoms with Gasteiger partial charge in [-0.25, -0.2) is 0 Å². The van der Waals surface area contributed by atoms with E-state index in [9.17, 15) is 9.59 Å². The Balaban J connectivity index is 2.58. The van der Waals surface area contributed by atoms with Gasteiger partial charge in [0.1, 0.15) is 0 Å². The van der Waals surface area contributed by atoms with E-state index in [0.717, 1.165) is 0 Å². The molecule has 2 amide bonds. The Morgan fingerprint density at radius 3 is 2.53 bits per heavy atom. The maximum absolute atomic E-state index is 11.7. The molecule has 0 aliphatic carbocycles. The smallest absolute Gasteiger partial charge is 0.257 e. The van der Waals surface area contributed by atoms with Crippen LogP contribution in [-0.2, 0) is 4.79 Å². The fourth-order valence-corrected chi connectivity index (χ4v) is 1.00. The number of carbonyl (C=O) groups excluding carboxylic acids is 2. The molecule has 1 rings (SSSR count). The van der Waals surface area contributed by atoms with E-state index in [-0.39, 0.29) is 18.4 Å². The predicted octanol–water partition coefficient (Wildman–Crippen LogP) is -0.430. The van der Waals surface area contributed by atoms with Crippen molar-refractivity contribution in [1.29, 1.82) is 0 Å². The number of amides is 2. The monoisotopic (exact) mass is 210 g/mol. The Labute approximate surface area is 87.9 Å². The molecule has 0 bridgehead atoms. The number of hydrogen-bond donors (Lipinski definition) is 1. The van der Waals surface area contributed by atoms with Gasteiger partial charge >= 0.3 is 0 Å². The minimum absolute atomic E-state index is 0.0665. The number of aromatic amines is 1. The molecule has 0 fully saturated rings. The zero-order chi connectivity index (χ0) is 11.4. The highest BCUT2D eigenvalue weighted by molar-refractivity contribution is 5.95. The summed E-state index contributed by atoms with van der Waals surface area (Å²) in [6, 6.07) is 0. The first-order chi connectivity index (χ1) is 7.02. The normalized spacial score (nSPS) is 9.80. The topological polar surface area (TPSA) is 69.3 Å². The van der Waals surface area contributed by atoms with E-state index in [1.165, 1.54) is 22.2 Å². The van der Waals surface area contributed by atoms with Crippen molar-refractivity contribution < 1.29 is 9.59 Å². The highest BCUT2D eigenvalue weighted by Crippen LogP contribution is 1.99. The SMILES string of the molecule is CN(C)C(=O)CN(C)C(=O)c1cn[nH]c1. The molecule has 1 aromatic heterocycles. The highest BCUT2D eigenvalue weighted by Gasteiger charge is 2.16. The van der Waals surface area contributed by atoms with Crippen LogP contribution in [0.5, 0.6) is 0 Å². The lowest BCUT2D eigenvalue weighted by atomic mass is 10.3. The van der Waals surface area contributed by atoms with E-state index in [1.807, 2.05) is 0 Å². The lowest BCUT2D eigenvalue weighted by Gasteiger charge is -2.18. The second kappa shape index (κ2) is 4.59. The summed E-state index contributed by atoms with van der Waals surface area (Å²) in [6.45, 7) is 0.0665. The molecular formula is C9H14N4O2. The van der Waals surface area contributed by atoms with Crippen molar-refractivity contribution in [3.63, 3.8) is 0 Å². The third-order valence-electron chi connectivity index (χ3n) is 1.96. The van der Waals surface area contributed by atoms with Crippen molar-refractivity contribution in [1.82, 2.24) is 20.0 Å². The summed E-state index contributed by atoms with van der Waals surface area (Å²) in [4.78, 5) is 25.8. The lowest BCUT2D eigenvalue weighted by Crippen LogP contribution is -2.37. The van der Waals surface area contributed by atoms with Gasteiger partial charge in [-0.2, -0.15) is 5.10 Å². The van der Waals surface area contributed by atoms with E-state index in [2.05, 4.69) is 10.2 Å². The molecule has 1 heterocycles. The van der Waals surface area contributed by atoms with Crippen molar-refractivity contribution in [2.45, 2.75) is 0 Å². The van der Waals surface area contributed by atoms with Crippen LogP contribution in [0, 0.1) is 0 Å². The second-order valence-electron chi connectivity index (χ2n) is 3.44. The fourth-order valence-electron chi connectivity index (χ4n) is 1.00.